The number of nitrogens with zero attached hydrogens (tertiary/aromatic N) is 1. The quantitative estimate of drug-likeness (QED) is 0.799. The standard InChI is InChI=1S/C18H22F3N3/c1-2-23-16-12-15(18(19,20)21)8-9-17(16)24(11-10-22)13-14-6-4-3-5-7-14/h3-9,12,23H,2,10-11,13,22H2,1H3. The highest BCUT2D eigenvalue weighted by Crippen LogP contribution is 2.35. The Labute approximate surface area is 140 Å². The number of alkyl halides is 3. The van der Waals surface area contributed by atoms with E-state index in [1.54, 1.807) is 0 Å². The molecular weight excluding hydrogens is 315 g/mol. The molecule has 0 aliphatic carbocycles. The van der Waals surface area contributed by atoms with Crippen molar-refractivity contribution in [3.05, 3.63) is 59.7 Å². The summed E-state index contributed by atoms with van der Waals surface area (Å²) in [4.78, 5) is 1.99. The van der Waals surface area contributed by atoms with Crippen molar-refractivity contribution >= 4 is 11.4 Å². The minimum atomic E-state index is -4.36. The lowest BCUT2D eigenvalue weighted by molar-refractivity contribution is -0.137. The topological polar surface area (TPSA) is 41.3 Å². The average Bonchev–Trinajstić information content (AvgIpc) is 2.55. The van der Waals surface area contributed by atoms with Crippen molar-refractivity contribution in [2.24, 2.45) is 5.73 Å². The van der Waals surface area contributed by atoms with Crippen LogP contribution in [0.5, 0.6) is 0 Å². The Morgan fingerprint density at radius 3 is 2.38 bits per heavy atom. The summed E-state index contributed by atoms with van der Waals surface area (Å²) in [6.45, 7) is 3.95. The van der Waals surface area contributed by atoms with Crippen LogP contribution in [0.1, 0.15) is 18.1 Å². The van der Waals surface area contributed by atoms with Crippen LogP contribution in [0.15, 0.2) is 48.5 Å². The third-order valence-corrected chi connectivity index (χ3v) is 3.65. The van der Waals surface area contributed by atoms with Gasteiger partial charge in [-0.15, -0.1) is 0 Å². The number of benzene rings is 2. The molecule has 2 rings (SSSR count). The Balaban J connectivity index is 2.37. The van der Waals surface area contributed by atoms with Gasteiger partial charge in [0.25, 0.3) is 0 Å². The number of anilines is 2. The van der Waals surface area contributed by atoms with Gasteiger partial charge in [0.2, 0.25) is 0 Å². The predicted molar refractivity (Wildman–Crippen MR) is 92.2 cm³/mol. The fourth-order valence-electron chi connectivity index (χ4n) is 2.56. The minimum absolute atomic E-state index is 0.416. The second-order valence-corrected chi connectivity index (χ2v) is 5.46. The minimum Gasteiger partial charge on any atom is -0.384 e. The van der Waals surface area contributed by atoms with Crippen molar-refractivity contribution in [3.63, 3.8) is 0 Å². The largest absolute Gasteiger partial charge is 0.416 e. The van der Waals surface area contributed by atoms with Gasteiger partial charge in [0.15, 0.2) is 0 Å². The highest BCUT2D eigenvalue weighted by Gasteiger charge is 2.31. The van der Waals surface area contributed by atoms with Gasteiger partial charge in [0, 0.05) is 26.2 Å². The number of nitrogens with two attached hydrogens (primary N) is 1. The smallest absolute Gasteiger partial charge is 0.384 e. The van der Waals surface area contributed by atoms with Crippen LogP contribution < -0.4 is 16.0 Å². The summed E-state index contributed by atoms with van der Waals surface area (Å²) >= 11 is 0. The number of halogens is 3. The van der Waals surface area contributed by atoms with Crippen LogP contribution in [0, 0.1) is 0 Å². The van der Waals surface area contributed by atoms with Gasteiger partial charge >= 0.3 is 6.18 Å². The molecule has 3 N–H and O–H groups in total. The molecule has 6 heteroatoms. The molecule has 3 nitrogen and oxygen atoms in total. The summed E-state index contributed by atoms with van der Waals surface area (Å²) in [5.41, 5.74) is 7.31. The van der Waals surface area contributed by atoms with Gasteiger partial charge in [-0.25, -0.2) is 0 Å². The van der Waals surface area contributed by atoms with E-state index in [0.717, 1.165) is 23.4 Å². The van der Waals surface area contributed by atoms with Crippen LogP contribution in [-0.2, 0) is 12.7 Å². The Hall–Kier alpha value is -2.21. The number of hydrogen-bond donors (Lipinski definition) is 2. The van der Waals surface area contributed by atoms with Crippen LogP contribution in [0.4, 0.5) is 24.5 Å². The first kappa shape index (κ1) is 18.1. The first-order valence-corrected chi connectivity index (χ1v) is 7.89. The molecular formula is C18H22F3N3. The summed E-state index contributed by atoms with van der Waals surface area (Å²) in [6, 6.07) is 13.6. The summed E-state index contributed by atoms with van der Waals surface area (Å²) in [7, 11) is 0. The lowest BCUT2D eigenvalue weighted by Gasteiger charge is -2.27. The SMILES string of the molecule is CCNc1cc(C(F)(F)F)ccc1N(CCN)Cc1ccccc1. The molecule has 130 valence electrons. The molecule has 0 amide bonds. The first-order valence-electron chi connectivity index (χ1n) is 7.89. The van der Waals surface area contributed by atoms with Gasteiger partial charge in [0.05, 0.1) is 16.9 Å². The van der Waals surface area contributed by atoms with Crippen molar-refractivity contribution in [3.8, 4) is 0 Å². The van der Waals surface area contributed by atoms with Crippen LogP contribution in [0.2, 0.25) is 0 Å². The number of nitrogens with one attached hydrogen (secondary N) is 1. The van der Waals surface area contributed by atoms with Crippen LogP contribution in [-0.4, -0.2) is 19.6 Å². The molecule has 0 saturated carbocycles. The Morgan fingerprint density at radius 2 is 1.79 bits per heavy atom. The maximum atomic E-state index is 13.0. The molecule has 0 aliphatic heterocycles. The maximum absolute atomic E-state index is 13.0. The summed E-state index contributed by atoms with van der Waals surface area (Å²) in [5.74, 6) is 0. The van der Waals surface area contributed by atoms with Gasteiger partial charge in [-0.3, -0.25) is 0 Å². The fraction of sp³-hybridized carbons (Fsp3) is 0.333. The molecule has 0 aliphatic rings. The van der Waals surface area contributed by atoms with Gasteiger partial charge in [0.1, 0.15) is 0 Å². The average molecular weight is 337 g/mol. The molecule has 2 aromatic carbocycles. The van der Waals surface area contributed by atoms with Gasteiger partial charge < -0.3 is 16.0 Å². The van der Waals surface area contributed by atoms with Crippen molar-refractivity contribution in [1.82, 2.24) is 0 Å². The third-order valence-electron chi connectivity index (χ3n) is 3.65. The van der Waals surface area contributed by atoms with E-state index in [2.05, 4.69) is 5.32 Å². The van der Waals surface area contributed by atoms with Crippen molar-refractivity contribution in [2.45, 2.75) is 19.6 Å². The van der Waals surface area contributed by atoms with Crippen LogP contribution in [0.25, 0.3) is 0 Å². The Morgan fingerprint density at radius 1 is 1.08 bits per heavy atom. The number of rotatable bonds is 7. The van der Waals surface area contributed by atoms with E-state index in [0.29, 0.717) is 31.9 Å². The van der Waals surface area contributed by atoms with Crippen LogP contribution in [0.3, 0.4) is 0 Å². The molecule has 24 heavy (non-hydrogen) atoms. The molecule has 0 radical (unpaired) electrons. The molecule has 0 heterocycles. The number of hydrogen-bond acceptors (Lipinski definition) is 3. The van der Waals surface area contributed by atoms with Crippen molar-refractivity contribution < 1.29 is 13.2 Å². The first-order chi connectivity index (χ1) is 11.5. The van der Waals surface area contributed by atoms with E-state index in [1.807, 2.05) is 42.2 Å². The maximum Gasteiger partial charge on any atom is 0.416 e. The Kier molecular flexibility index (Phi) is 6.09. The molecule has 0 bridgehead atoms. The van der Waals surface area contributed by atoms with E-state index >= 15 is 0 Å². The lowest BCUT2D eigenvalue weighted by atomic mass is 10.1. The second-order valence-electron chi connectivity index (χ2n) is 5.46. The second kappa shape index (κ2) is 8.06. The van der Waals surface area contributed by atoms with Gasteiger partial charge in [-0.05, 0) is 30.7 Å². The highest BCUT2D eigenvalue weighted by molar-refractivity contribution is 5.71. The predicted octanol–water partition coefficient (Wildman–Crippen LogP) is 4.10. The molecule has 0 atom stereocenters. The summed E-state index contributed by atoms with van der Waals surface area (Å²) in [6.07, 6.45) is -4.36. The highest BCUT2D eigenvalue weighted by atomic mass is 19.4. The van der Waals surface area contributed by atoms with Crippen LogP contribution >= 0.6 is 0 Å². The van der Waals surface area contributed by atoms with E-state index in [4.69, 9.17) is 5.73 Å². The van der Waals surface area contributed by atoms with E-state index in [-0.39, 0.29) is 0 Å². The molecule has 2 aromatic rings. The van der Waals surface area contributed by atoms with Crippen molar-refractivity contribution in [1.29, 1.82) is 0 Å². The summed E-state index contributed by atoms with van der Waals surface area (Å²) < 4.78 is 38.9. The molecule has 0 spiro atoms. The normalized spacial score (nSPS) is 11.4. The molecule has 0 unspecified atom stereocenters. The molecule has 0 saturated heterocycles. The molecule has 0 fully saturated rings. The molecule has 0 aromatic heterocycles. The third kappa shape index (κ3) is 4.64. The Bertz CT molecular complexity index is 642. The van der Waals surface area contributed by atoms with Gasteiger partial charge in [-0.1, -0.05) is 30.3 Å². The fourth-order valence-corrected chi connectivity index (χ4v) is 2.56. The van der Waals surface area contributed by atoms with Crippen molar-refractivity contribution in [2.75, 3.05) is 29.9 Å². The zero-order valence-electron chi connectivity index (χ0n) is 13.6. The lowest BCUT2D eigenvalue weighted by Crippen LogP contribution is -2.29. The zero-order chi connectivity index (χ0) is 17.6. The zero-order valence-corrected chi connectivity index (χ0v) is 13.6. The van der Waals surface area contributed by atoms with E-state index in [9.17, 15) is 13.2 Å². The summed E-state index contributed by atoms with van der Waals surface area (Å²) in [5, 5.41) is 3.03. The monoisotopic (exact) mass is 337 g/mol. The van der Waals surface area contributed by atoms with E-state index in [1.165, 1.54) is 6.07 Å². The van der Waals surface area contributed by atoms with Gasteiger partial charge in [-0.2, -0.15) is 13.2 Å². The van der Waals surface area contributed by atoms with E-state index < -0.39 is 11.7 Å².